The first-order valence-electron chi connectivity index (χ1n) is 5.62. The van der Waals surface area contributed by atoms with E-state index < -0.39 is 15.8 Å². The lowest BCUT2D eigenvalue weighted by molar-refractivity contribution is 0.599. The largest absolute Gasteiger partial charge is 0.263 e. The molecule has 1 N–H and O–H groups in total. The van der Waals surface area contributed by atoms with Crippen LogP contribution in [0.3, 0.4) is 0 Å². The van der Waals surface area contributed by atoms with Crippen molar-refractivity contribution in [2.45, 2.75) is 24.7 Å². The molecule has 19 heavy (non-hydrogen) atoms. The monoisotopic (exact) mass is 300 g/mol. The smallest absolute Gasteiger partial charge is 0.255 e. The summed E-state index contributed by atoms with van der Waals surface area (Å²) in [5.41, 5.74) is 0.835. The SMILES string of the molecule is CC(C)c1csc(NS(=O)(=O)c2ccc(F)cc2)n1. The molecule has 0 saturated carbocycles. The van der Waals surface area contributed by atoms with Crippen molar-refractivity contribution in [2.24, 2.45) is 0 Å². The van der Waals surface area contributed by atoms with Crippen molar-refractivity contribution in [3.05, 3.63) is 41.2 Å². The zero-order valence-corrected chi connectivity index (χ0v) is 12.1. The average molecular weight is 300 g/mol. The van der Waals surface area contributed by atoms with Crippen molar-refractivity contribution >= 4 is 26.5 Å². The maximum atomic E-state index is 12.8. The molecule has 0 aliphatic rings. The molecule has 0 aliphatic heterocycles. The van der Waals surface area contributed by atoms with E-state index in [-0.39, 0.29) is 10.8 Å². The van der Waals surface area contributed by atoms with Gasteiger partial charge in [-0.3, -0.25) is 4.72 Å². The van der Waals surface area contributed by atoms with Crippen LogP contribution >= 0.6 is 11.3 Å². The van der Waals surface area contributed by atoms with Crippen LogP contribution in [-0.4, -0.2) is 13.4 Å². The maximum Gasteiger partial charge on any atom is 0.263 e. The van der Waals surface area contributed by atoms with Gasteiger partial charge in [0.05, 0.1) is 10.6 Å². The number of nitrogens with one attached hydrogen (secondary N) is 1. The molecule has 1 heterocycles. The van der Waals surface area contributed by atoms with Crippen molar-refractivity contribution < 1.29 is 12.8 Å². The molecule has 2 rings (SSSR count). The number of anilines is 1. The lowest BCUT2D eigenvalue weighted by Gasteiger charge is -2.05. The van der Waals surface area contributed by atoms with Crippen LogP contribution in [0.4, 0.5) is 9.52 Å². The summed E-state index contributed by atoms with van der Waals surface area (Å²) in [4.78, 5) is 4.20. The van der Waals surface area contributed by atoms with Crippen LogP contribution in [0.5, 0.6) is 0 Å². The van der Waals surface area contributed by atoms with Gasteiger partial charge < -0.3 is 0 Å². The van der Waals surface area contributed by atoms with Crippen molar-refractivity contribution in [3.8, 4) is 0 Å². The topological polar surface area (TPSA) is 59.1 Å². The fourth-order valence-electron chi connectivity index (χ4n) is 1.39. The second-order valence-electron chi connectivity index (χ2n) is 4.29. The van der Waals surface area contributed by atoms with E-state index in [1.807, 2.05) is 19.2 Å². The van der Waals surface area contributed by atoms with Gasteiger partial charge in [0.15, 0.2) is 5.13 Å². The first kappa shape index (κ1) is 14.0. The van der Waals surface area contributed by atoms with E-state index in [9.17, 15) is 12.8 Å². The van der Waals surface area contributed by atoms with Gasteiger partial charge >= 0.3 is 0 Å². The number of sulfonamides is 1. The molecule has 0 spiro atoms. The summed E-state index contributed by atoms with van der Waals surface area (Å²) in [6.07, 6.45) is 0. The number of hydrogen-bond acceptors (Lipinski definition) is 4. The Morgan fingerprint density at radius 1 is 1.26 bits per heavy atom. The van der Waals surface area contributed by atoms with E-state index in [0.29, 0.717) is 5.13 Å². The predicted molar refractivity (Wildman–Crippen MR) is 73.4 cm³/mol. The second-order valence-corrected chi connectivity index (χ2v) is 6.83. The Balaban J connectivity index is 2.23. The molecule has 1 aromatic carbocycles. The number of nitrogens with zero attached hydrogens (tertiary/aromatic N) is 1. The lowest BCUT2D eigenvalue weighted by atomic mass is 10.2. The molecule has 7 heteroatoms. The summed E-state index contributed by atoms with van der Waals surface area (Å²) in [6.45, 7) is 3.96. The summed E-state index contributed by atoms with van der Waals surface area (Å²) < 4.78 is 39.2. The van der Waals surface area contributed by atoms with Gasteiger partial charge in [-0.05, 0) is 30.2 Å². The third-order valence-corrected chi connectivity index (χ3v) is 4.72. The van der Waals surface area contributed by atoms with Crippen LogP contribution < -0.4 is 4.72 Å². The first-order chi connectivity index (χ1) is 8.88. The Bertz CT molecular complexity index is 663. The highest BCUT2D eigenvalue weighted by atomic mass is 32.2. The molecular formula is C12H13FN2O2S2. The molecule has 0 amide bonds. The van der Waals surface area contributed by atoms with Gasteiger partial charge in [0.1, 0.15) is 5.82 Å². The summed E-state index contributed by atoms with van der Waals surface area (Å²) in [7, 11) is -3.71. The number of thiazole rings is 1. The summed E-state index contributed by atoms with van der Waals surface area (Å²) in [5.74, 6) is -0.240. The number of benzene rings is 1. The summed E-state index contributed by atoms with van der Waals surface area (Å²) in [5, 5.41) is 2.13. The van der Waals surface area contributed by atoms with E-state index >= 15 is 0 Å². The number of rotatable bonds is 4. The van der Waals surface area contributed by atoms with Gasteiger partial charge in [0, 0.05) is 5.38 Å². The van der Waals surface area contributed by atoms with Crippen LogP contribution in [0.1, 0.15) is 25.5 Å². The van der Waals surface area contributed by atoms with Gasteiger partial charge in [-0.15, -0.1) is 11.3 Å². The fourth-order valence-corrected chi connectivity index (χ4v) is 3.51. The van der Waals surface area contributed by atoms with Gasteiger partial charge in [0.2, 0.25) is 0 Å². The normalized spacial score (nSPS) is 11.8. The molecular weight excluding hydrogens is 287 g/mol. The Morgan fingerprint density at radius 2 is 1.89 bits per heavy atom. The van der Waals surface area contributed by atoms with Crippen LogP contribution in [0.25, 0.3) is 0 Å². The van der Waals surface area contributed by atoms with Crippen LogP contribution in [0.15, 0.2) is 34.5 Å². The fraction of sp³-hybridized carbons (Fsp3) is 0.250. The minimum Gasteiger partial charge on any atom is -0.255 e. The maximum absolute atomic E-state index is 12.8. The number of hydrogen-bond donors (Lipinski definition) is 1. The minimum absolute atomic E-state index is 0.00944. The quantitative estimate of drug-likeness (QED) is 0.943. The molecule has 0 bridgehead atoms. The molecule has 0 atom stereocenters. The highest BCUT2D eigenvalue weighted by Crippen LogP contribution is 2.24. The van der Waals surface area contributed by atoms with E-state index in [0.717, 1.165) is 17.8 Å². The Hall–Kier alpha value is -1.47. The van der Waals surface area contributed by atoms with Crippen LogP contribution in [-0.2, 0) is 10.0 Å². The molecule has 0 unspecified atom stereocenters. The molecule has 0 aliphatic carbocycles. The third-order valence-electron chi connectivity index (χ3n) is 2.46. The van der Waals surface area contributed by atoms with Gasteiger partial charge in [-0.1, -0.05) is 13.8 Å². The van der Waals surface area contributed by atoms with E-state index in [1.54, 1.807) is 0 Å². The van der Waals surface area contributed by atoms with Gasteiger partial charge in [-0.2, -0.15) is 0 Å². The molecule has 0 saturated heterocycles. The molecule has 0 fully saturated rings. The van der Waals surface area contributed by atoms with E-state index in [2.05, 4.69) is 9.71 Å². The average Bonchev–Trinajstić information content (AvgIpc) is 2.77. The Morgan fingerprint density at radius 3 is 2.42 bits per heavy atom. The van der Waals surface area contributed by atoms with Crippen molar-refractivity contribution in [3.63, 3.8) is 0 Å². The zero-order chi connectivity index (χ0) is 14.0. The summed E-state index contributed by atoms with van der Waals surface area (Å²) >= 11 is 1.23. The zero-order valence-electron chi connectivity index (χ0n) is 10.4. The van der Waals surface area contributed by atoms with Crippen molar-refractivity contribution in [2.75, 3.05) is 4.72 Å². The minimum atomic E-state index is -3.71. The second kappa shape index (κ2) is 5.26. The molecule has 2 aromatic rings. The van der Waals surface area contributed by atoms with Crippen LogP contribution in [0.2, 0.25) is 0 Å². The van der Waals surface area contributed by atoms with Crippen molar-refractivity contribution in [1.82, 2.24) is 4.98 Å². The molecule has 4 nitrogen and oxygen atoms in total. The Kier molecular flexibility index (Phi) is 3.86. The van der Waals surface area contributed by atoms with Gasteiger partial charge in [0.25, 0.3) is 10.0 Å². The highest BCUT2D eigenvalue weighted by Gasteiger charge is 2.16. The number of halogens is 1. The number of aromatic nitrogens is 1. The first-order valence-corrected chi connectivity index (χ1v) is 7.98. The van der Waals surface area contributed by atoms with Crippen molar-refractivity contribution in [1.29, 1.82) is 0 Å². The molecule has 102 valence electrons. The lowest BCUT2D eigenvalue weighted by Crippen LogP contribution is -2.12. The van der Waals surface area contributed by atoms with Gasteiger partial charge in [-0.25, -0.2) is 17.8 Å². The standard InChI is InChI=1S/C12H13FN2O2S2/c1-8(2)11-7-18-12(14-11)15-19(16,17)10-5-3-9(13)4-6-10/h3-8H,1-2H3,(H,14,15). The van der Waals surface area contributed by atoms with Crippen LogP contribution in [0, 0.1) is 5.82 Å². The molecule has 0 radical (unpaired) electrons. The highest BCUT2D eigenvalue weighted by molar-refractivity contribution is 7.93. The molecule has 1 aromatic heterocycles. The van der Waals surface area contributed by atoms with E-state index in [4.69, 9.17) is 0 Å². The van der Waals surface area contributed by atoms with E-state index in [1.165, 1.54) is 23.5 Å². The Labute approximate surface area is 115 Å². The summed E-state index contributed by atoms with van der Waals surface area (Å²) in [6, 6.07) is 4.65. The predicted octanol–water partition coefficient (Wildman–Crippen LogP) is 3.21. The third kappa shape index (κ3) is 3.30.